The summed E-state index contributed by atoms with van der Waals surface area (Å²) in [5.41, 5.74) is 3.27. The van der Waals surface area contributed by atoms with Gasteiger partial charge < -0.3 is 13.9 Å². The Bertz CT molecular complexity index is 1320. The van der Waals surface area contributed by atoms with Crippen molar-refractivity contribution in [3.05, 3.63) is 93.5 Å². The predicted molar refractivity (Wildman–Crippen MR) is 124 cm³/mol. The van der Waals surface area contributed by atoms with Crippen LogP contribution in [0, 0.1) is 0 Å². The predicted octanol–water partition coefficient (Wildman–Crippen LogP) is 3.94. The molecule has 0 saturated carbocycles. The van der Waals surface area contributed by atoms with Crippen molar-refractivity contribution >= 4 is 9.73 Å². The topological polar surface area (TPSA) is 84.6 Å². The van der Waals surface area contributed by atoms with Crippen molar-refractivity contribution in [2.75, 3.05) is 6.26 Å². The summed E-state index contributed by atoms with van der Waals surface area (Å²) in [7, 11) is -2.51. The molecule has 1 saturated heterocycles. The molecule has 1 fully saturated rings. The summed E-state index contributed by atoms with van der Waals surface area (Å²) < 4.78 is 33.7. The molecule has 0 aliphatic carbocycles. The summed E-state index contributed by atoms with van der Waals surface area (Å²) in [6.45, 7) is 4.36. The minimum Gasteiger partial charge on any atom is -0.482 e. The number of hydrogen-bond acceptors (Lipinski definition) is 7. The van der Waals surface area contributed by atoms with Crippen molar-refractivity contribution < 1.29 is 18.1 Å². The van der Waals surface area contributed by atoms with Gasteiger partial charge in [-0.25, -0.2) is 4.21 Å². The molecule has 1 aromatic heterocycles. The fourth-order valence-corrected chi connectivity index (χ4v) is 5.29. The maximum atomic E-state index is 12.8. The number of hydrogen-bond donors (Lipinski definition) is 0. The van der Waals surface area contributed by atoms with E-state index in [0.717, 1.165) is 18.7 Å². The second kappa shape index (κ2) is 8.78. The van der Waals surface area contributed by atoms with Crippen molar-refractivity contribution in [3.63, 3.8) is 0 Å². The quantitative estimate of drug-likeness (QED) is 0.491. The van der Waals surface area contributed by atoms with Gasteiger partial charge >= 0.3 is 0 Å². The number of ether oxygens (including phenoxy) is 2. The van der Waals surface area contributed by atoms with Gasteiger partial charge in [-0.15, -0.1) is 0 Å². The van der Waals surface area contributed by atoms with Crippen LogP contribution in [0.2, 0.25) is 0 Å². The number of benzene rings is 2. The molecular weight excluding hydrogens is 440 g/mol. The average molecular weight is 467 g/mol. The summed E-state index contributed by atoms with van der Waals surface area (Å²) in [6.07, 6.45) is 2.74. The lowest BCUT2D eigenvalue weighted by Gasteiger charge is -2.14. The molecule has 0 bridgehead atoms. The van der Waals surface area contributed by atoms with Crippen LogP contribution in [0.4, 0.5) is 0 Å². The number of nitrogens with zero attached hydrogens (tertiary/aromatic N) is 2. The second-order valence-electron chi connectivity index (χ2n) is 8.56. The normalized spacial score (nSPS) is 21.3. The summed E-state index contributed by atoms with van der Waals surface area (Å²) in [6, 6.07) is 17.0. The van der Waals surface area contributed by atoms with E-state index in [1.807, 2.05) is 31.2 Å². The van der Waals surface area contributed by atoms with Crippen molar-refractivity contribution in [1.29, 1.82) is 0 Å². The molecule has 0 spiro atoms. The monoisotopic (exact) mass is 466 g/mol. The Balaban J connectivity index is 1.19. The molecule has 3 heterocycles. The maximum absolute atomic E-state index is 12.8. The minimum atomic E-state index is -2.51. The molecule has 7 nitrogen and oxygen atoms in total. The molecule has 3 aromatic rings. The Morgan fingerprint density at radius 1 is 1.12 bits per heavy atom. The summed E-state index contributed by atoms with van der Waals surface area (Å²) in [4.78, 5) is 15.4. The minimum absolute atomic E-state index is 0.0307. The highest BCUT2D eigenvalue weighted by atomic mass is 32.2. The lowest BCUT2D eigenvalue weighted by molar-refractivity contribution is 0.241. The van der Waals surface area contributed by atoms with Crippen molar-refractivity contribution in [2.45, 2.75) is 50.4 Å². The van der Waals surface area contributed by atoms with Crippen LogP contribution in [-0.4, -0.2) is 27.7 Å². The van der Waals surface area contributed by atoms with Crippen molar-refractivity contribution in [1.82, 2.24) is 4.90 Å². The molecule has 0 N–H and O–H groups in total. The molecule has 8 heteroatoms. The molecule has 172 valence electrons. The zero-order valence-electron chi connectivity index (χ0n) is 18.6. The lowest BCUT2D eigenvalue weighted by Crippen LogP contribution is -2.17. The highest BCUT2D eigenvalue weighted by Gasteiger charge is 2.35. The molecule has 33 heavy (non-hydrogen) atoms. The average Bonchev–Trinajstić information content (AvgIpc) is 3.31. The highest BCUT2D eigenvalue weighted by Crippen LogP contribution is 2.26. The van der Waals surface area contributed by atoms with Crippen LogP contribution in [0.15, 0.2) is 79.3 Å². The van der Waals surface area contributed by atoms with Gasteiger partial charge in [-0.2, -0.15) is 4.36 Å². The molecule has 2 aliphatic heterocycles. The van der Waals surface area contributed by atoms with Crippen LogP contribution in [0.1, 0.15) is 29.4 Å². The van der Waals surface area contributed by atoms with E-state index in [4.69, 9.17) is 13.9 Å². The summed E-state index contributed by atoms with van der Waals surface area (Å²) in [5.74, 6) is 0.779. The Kier molecular flexibility index (Phi) is 5.82. The van der Waals surface area contributed by atoms with Gasteiger partial charge in [-0.1, -0.05) is 36.4 Å². The Labute approximate surface area is 193 Å². The molecule has 0 radical (unpaired) electrons. The van der Waals surface area contributed by atoms with E-state index in [1.54, 1.807) is 18.4 Å². The van der Waals surface area contributed by atoms with E-state index in [1.165, 1.54) is 23.5 Å². The first-order valence-corrected chi connectivity index (χ1v) is 12.8. The molecule has 3 atom stereocenters. The van der Waals surface area contributed by atoms with Crippen LogP contribution < -0.4 is 10.2 Å². The van der Waals surface area contributed by atoms with Gasteiger partial charge in [0.2, 0.25) is 11.2 Å². The molecule has 2 aromatic carbocycles. The van der Waals surface area contributed by atoms with E-state index in [0.29, 0.717) is 17.2 Å². The standard InChI is InChI=1S/C25H26N2O5S/c1-17-25(32-17)26-33(2,29)22-9-7-18(8-10-22)15-31-24-16-30-21(11-23(24)28)14-27-12-19-5-3-4-6-20(19)13-27/h3-11,16-17,25H,12-15H2,1-2H3. The molecule has 5 rings (SSSR count). The highest BCUT2D eigenvalue weighted by molar-refractivity contribution is 7.93. The van der Waals surface area contributed by atoms with Gasteiger partial charge in [-0.05, 0) is 35.7 Å². The first-order valence-electron chi connectivity index (χ1n) is 10.9. The van der Waals surface area contributed by atoms with Crippen LogP contribution in [0.5, 0.6) is 5.75 Å². The summed E-state index contributed by atoms with van der Waals surface area (Å²) >= 11 is 0. The zero-order chi connectivity index (χ0) is 23.0. The van der Waals surface area contributed by atoms with Crippen LogP contribution in [0.25, 0.3) is 0 Å². The molecular formula is C25H26N2O5S. The third-order valence-electron chi connectivity index (χ3n) is 5.88. The van der Waals surface area contributed by atoms with Crippen molar-refractivity contribution in [2.24, 2.45) is 4.36 Å². The zero-order valence-corrected chi connectivity index (χ0v) is 19.4. The van der Waals surface area contributed by atoms with E-state index in [2.05, 4.69) is 21.4 Å². The molecule has 3 unspecified atom stereocenters. The van der Waals surface area contributed by atoms with E-state index in [9.17, 15) is 9.00 Å². The maximum Gasteiger partial charge on any atom is 0.227 e. The van der Waals surface area contributed by atoms with Gasteiger partial charge in [0.1, 0.15) is 24.7 Å². The van der Waals surface area contributed by atoms with E-state index in [-0.39, 0.29) is 30.1 Å². The molecule has 0 amide bonds. The summed E-state index contributed by atoms with van der Waals surface area (Å²) in [5, 5.41) is 0. The second-order valence-corrected chi connectivity index (χ2v) is 10.8. The first kappa shape index (κ1) is 21.9. The Hall–Kier alpha value is -2.94. The van der Waals surface area contributed by atoms with Crippen molar-refractivity contribution in [3.8, 4) is 5.75 Å². The van der Waals surface area contributed by atoms with Gasteiger partial charge in [-0.3, -0.25) is 9.69 Å². The fourth-order valence-electron chi connectivity index (χ4n) is 3.91. The Morgan fingerprint density at radius 2 is 1.79 bits per heavy atom. The third-order valence-corrected chi connectivity index (χ3v) is 7.63. The number of rotatable bonds is 7. The fraction of sp³-hybridized carbons (Fsp3) is 0.320. The smallest absolute Gasteiger partial charge is 0.227 e. The van der Waals surface area contributed by atoms with Gasteiger partial charge in [0.25, 0.3) is 0 Å². The lowest BCUT2D eigenvalue weighted by atomic mass is 10.1. The first-order chi connectivity index (χ1) is 15.9. The third kappa shape index (κ3) is 5.03. The van der Waals surface area contributed by atoms with Crippen LogP contribution >= 0.6 is 0 Å². The largest absolute Gasteiger partial charge is 0.482 e. The van der Waals surface area contributed by atoms with E-state index < -0.39 is 9.73 Å². The van der Waals surface area contributed by atoms with Gasteiger partial charge in [0, 0.05) is 30.3 Å². The number of epoxide rings is 1. The van der Waals surface area contributed by atoms with Crippen LogP contribution in [0.3, 0.4) is 0 Å². The van der Waals surface area contributed by atoms with Gasteiger partial charge in [0.15, 0.2) is 6.23 Å². The van der Waals surface area contributed by atoms with E-state index >= 15 is 0 Å². The van der Waals surface area contributed by atoms with Crippen LogP contribution in [-0.2, 0) is 40.7 Å². The van der Waals surface area contributed by atoms with Gasteiger partial charge in [0.05, 0.1) is 16.3 Å². The SMILES string of the molecule is CC1OC1N=S(C)(=O)c1ccc(COc2coc(CN3Cc4ccccc4C3)cc2=O)cc1. The molecule has 2 aliphatic rings. The number of fused-ring (bicyclic) bond motifs is 1. The Morgan fingerprint density at radius 3 is 2.39 bits per heavy atom.